The van der Waals surface area contributed by atoms with Crippen LogP contribution in [0.5, 0.6) is 0 Å². The number of hydrogen-bond donors (Lipinski definition) is 0. The quantitative estimate of drug-likeness (QED) is 0.562. The topological polar surface area (TPSA) is 40.5 Å². The molecule has 4 nitrogen and oxygen atoms in total. The molecule has 134 valence electrons. The lowest BCUT2D eigenvalue weighted by Crippen LogP contribution is -2.19. The third kappa shape index (κ3) is 4.23. The van der Waals surface area contributed by atoms with E-state index >= 15 is 0 Å². The summed E-state index contributed by atoms with van der Waals surface area (Å²) in [4.78, 5) is 0. The third-order valence-corrected chi connectivity index (χ3v) is 6.03. The molecule has 0 fully saturated rings. The molecule has 0 bridgehead atoms. The van der Waals surface area contributed by atoms with Crippen LogP contribution in [0.1, 0.15) is 16.7 Å². The lowest BCUT2D eigenvalue weighted by atomic mass is 10.2. The Kier molecular flexibility index (Phi) is 5.89. The molecular weight excluding hydrogens is 345 g/mol. The fourth-order valence-electron chi connectivity index (χ4n) is 2.77. The van der Waals surface area contributed by atoms with Crippen molar-refractivity contribution in [2.45, 2.75) is 6.54 Å². The maximum Gasteiger partial charge on any atom is 0.377 e. The second kappa shape index (κ2) is 8.33. The van der Waals surface area contributed by atoms with Crippen LogP contribution in [0.4, 0.5) is 0 Å². The van der Waals surface area contributed by atoms with Crippen molar-refractivity contribution in [3.8, 4) is 0 Å². The van der Waals surface area contributed by atoms with Crippen molar-refractivity contribution < 1.29 is 13.6 Å². The van der Waals surface area contributed by atoms with Gasteiger partial charge in [-0.05, 0) is 22.8 Å². The molecule has 0 aliphatic rings. The predicted molar refractivity (Wildman–Crippen MR) is 107 cm³/mol. The number of hydrogen-bond acceptors (Lipinski definition) is 3. The van der Waals surface area contributed by atoms with Crippen molar-refractivity contribution >= 4 is 25.2 Å². The van der Waals surface area contributed by atoms with E-state index < -0.39 is 7.60 Å². The van der Waals surface area contributed by atoms with Crippen LogP contribution in [0, 0.1) is 0 Å². The van der Waals surface area contributed by atoms with E-state index in [1.54, 1.807) is 0 Å². The predicted octanol–water partition coefficient (Wildman–Crippen LogP) is 4.82. The van der Waals surface area contributed by atoms with Crippen LogP contribution in [0.2, 0.25) is 0 Å². The monoisotopic (exact) mass is 367 g/mol. The molecular formula is C21H22NO3P. The van der Waals surface area contributed by atoms with Crippen molar-refractivity contribution in [2.24, 2.45) is 0 Å². The number of aromatic nitrogens is 1. The van der Waals surface area contributed by atoms with Gasteiger partial charge in [-0.15, -0.1) is 0 Å². The van der Waals surface area contributed by atoms with E-state index in [-0.39, 0.29) is 0 Å². The summed E-state index contributed by atoms with van der Waals surface area (Å²) in [6, 6.07) is 21.9. The Morgan fingerprint density at radius 1 is 0.885 bits per heavy atom. The van der Waals surface area contributed by atoms with Gasteiger partial charge in [0.2, 0.25) is 0 Å². The lowest BCUT2D eigenvalue weighted by Gasteiger charge is -2.16. The zero-order chi connectivity index (χ0) is 18.4. The molecule has 0 aliphatic heterocycles. The first-order chi connectivity index (χ1) is 12.6. The van der Waals surface area contributed by atoms with Gasteiger partial charge in [0.15, 0.2) is 0 Å². The maximum atomic E-state index is 13.0. The minimum Gasteiger partial charge on any atom is -0.336 e. The highest BCUT2D eigenvalue weighted by Crippen LogP contribution is 2.45. The maximum absolute atomic E-state index is 13.0. The van der Waals surface area contributed by atoms with E-state index in [0.717, 1.165) is 16.7 Å². The Hall–Kier alpha value is -2.39. The van der Waals surface area contributed by atoms with Crippen molar-refractivity contribution in [3.05, 3.63) is 89.6 Å². The van der Waals surface area contributed by atoms with Crippen molar-refractivity contribution in [1.29, 1.82) is 0 Å². The molecule has 0 saturated heterocycles. The molecule has 1 aromatic heterocycles. The van der Waals surface area contributed by atoms with E-state index in [0.29, 0.717) is 12.0 Å². The number of benzene rings is 2. The molecule has 1 heterocycles. The Labute approximate surface area is 154 Å². The van der Waals surface area contributed by atoms with Gasteiger partial charge in [-0.2, -0.15) is 0 Å². The second-order valence-corrected chi connectivity index (χ2v) is 8.04. The summed E-state index contributed by atoms with van der Waals surface area (Å²) in [5, 5.41) is 0. The SMILES string of the molecule is COP(=O)(OC)c1cc(/C=C\c2ccccc2)cn1Cc1ccccc1. The zero-order valence-electron chi connectivity index (χ0n) is 14.9. The summed E-state index contributed by atoms with van der Waals surface area (Å²) in [7, 11) is -0.541. The van der Waals surface area contributed by atoms with Gasteiger partial charge in [-0.3, -0.25) is 4.57 Å². The summed E-state index contributed by atoms with van der Waals surface area (Å²) in [5.41, 5.74) is 3.70. The van der Waals surface area contributed by atoms with Crippen molar-refractivity contribution in [2.75, 3.05) is 14.2 Å². The van der Waals surface area contributed by atoms with Crippen LogP contribution >= 0.6 is 7.60 Å². The van der Waals surface area contributed by atoms with E-state index in [4.69, 9.17) is 9.05 Å². The summed E-state index contributed by atoms with van der Waals surface area (Å²) >= 11 is 0. The van der Waals surface area contributed by atoms with E-state index in [1.807, 2.05) is 89.6 Å². The average molecular weight is 367 g/mol. The van der Waals surface area contributed by atoms with Gasteiger partial charge in [0.25, 0.3) is 0 Å². The summed E-state index contributed by atoms with van der Waals surface area (Å²) in [5.74, 6) is 0. The first-order valence-corrected chi connectivity index (χ1v) is 9.88. The smallest absolute Gasteiger partial charge is 0.336 e. The second-order valence-electron chi connectivity index (χ2n) is 5.85. The molecule has 0 saturated carbocycles. The van der Waals surface area contributed by atoms with E-state index in [1.165, 1.54) is 14.2 Å². The van der Waals surface area contributed by atoms with Gasteiger partial charge in [-0.1, -0.05) is 72.8 Å². The molecule has 3 aromatic rings. The normalized spacial score (nSPS) is 11.9. The fraction of sp³-hybridized carbons (Fsp3) is 0.143. The number of nitrogens with zero attached hydrogens (tertiary/aromatic N) is 1. The minimum atomic E-state index is -3.35. The van der Waals surface area contributed by atoms with Gasteiger partial charge in [-0.25, -0.2) is 0 Å². The Morgan fingerprint density at radius 2 is 1.46 bits per heavy atom. The summed E-state index contributed by atoms with van der Waals surface area (Å²) in [6.45, 7) is 0.589. The van der Waals surface area contributed by atoms with Crippen LogP contribution < -0.4 is 5.44 Å². The average Bonchev–Trinajstić information content (AvgIpc) is 3.10. The Balaban J connectivity index is 1.97. The van der Waals surface area contributed by atoms with Gasteiger partial charge >= 0.3 is 7.60 Å². The molecule has 0 unspecified atom stereocenters. The minimum absolute atomic E-state index is 0.541. The highest BCUT2D eigenvalue weighted by atomic mass is 31.2. The lowest BCUT2D eigenvalue weighted by molar-refractivity contribution is 0.285. The summed E-state index contributed by atoms with van der Waals surface area (Å²) in [6.07, 6.45) is 5.99. The van der Waals surface area contributed by atoms with E-state index in [9.17, 15) is 4.57 Å². The standard InChI is InChI=1S/C21H22NO3P/c1-24-26(23,25-2)21-15-20(14-13-18-9-5-3-6-10-18)17-22(21)16-19-11-7-4-8-12-19/h3-15,17H,16H2,1-2H3/b14-13-. The first-order valence-electron chi connectivity index (χ1n) is 8.34. The Bertz CT molecular complexity index is 909. The highest BCUT2D eigenvalue weighted by molar-refractivity contribution is 7.61. The highest BCUT2D eigenvalue weighted by Gasteiger charge is 2.29. The van der Waals surface area contributed by atoms with Crippen LogP contribution in [0.15, 0.2) is 72.9 Å². The molecule has 0 amide bonds. The molecule has 0 aliphatic carbocycles. The zero-order valence-corrected chi connectivity index (χ0v) is 15.8. The van der Waals surface area contributed by atoms with Crippen LogP contribution in [-0.4, -0.2) is 18.8 Å². The first kappa shape index (κ1) is 18.4. The molecule has 5 heteroatoms. The van der Waals surface area contributed by atoms with Gasteiger partial charge in [0, 0.05) is 27.0 Å². The summed E-state index contributed by atoms with van der Waals surface area (Å²) < 4.78 is 25.3. The molecule has 0 N–H and O–H groups in total. The molecule has 2 aromatic carbocycles. The number of rotatable bonds is 7. The van der Waals surface area contributed by atoms with Crippen LogP contribution in [0.3, 0.4) is 0 Å². The van der Waals surface area contributed by atoms with Crippen molar-refractivity contribution in [3.63, 3.8) is 0 Å². The van der Waals surface area contributed by atoms with Crippen molar-refractivity contribution in [1.82, 2.24) is 4.57 Å². The van der Waals surface area contributed by atoms with Gasteiger partial charge < -0.3 is 13.6 Å². The van der Waals surface area contributed by atoms with Gasteiger partial charge in [0.1, 0.15) is 5.44 Å². The van der Waals surface area contributed by atoms with E-state index in [2.05, 4.69) is 0 Å². The largest absolute Gasteiger partial charge is 0.377 e. The molecule has 0 spiro atoms. The molecule has 0 radical (unpaired) electrons. The molecule has 3 rings (SSSR count). The Morgan fingerprint density at radius 3 is 2.08 bits per heavy atom. The molecule has 26 heavy (non-hydrogen) atoms. The fourth-order valence-corrected chi connectivity index (χ4v) is 4.04. The van der Waals surface area contributed by atoms with Crippen LogP contribution in [-0.2, 0) is 20.2 Å². The molecule has 0 atom stereocenters. The van der Waals surface area contributed by atoms with Crippen LogP contribution in [0.25, 0.3) is 12.2 Å². The van der Waals surface area contributed by atoms with Gasteiger partial charge in [0.05, 0.1) is 0 Å². The third-order valence-electron chi connectivity index (χ3n) is 4.12.